The van der Waals surface area contributed by atoms with Crippen LogP contribution in [0.25, 0.3) is 0 Å². The van der Waals surface area contributed by atoms with Crippen molar-refractivity contribution in [3.63, 3.8) is 0 Å². The summed E-state index contributed by atoms with van der Waals surface area (Å²) in [6, 6.07) is 10.2. The molecule has 5 nitrogen and oxygen atoms in total. The molecule has 1 amide bonds. The summed E-state index contributed by atoms with van der Waals surface area (Å²) in [6.07, 6.45) is 4.70. The highest BCUT2D eigenvalue weighted by Gasteiger charge is 2.30. The van der Waals surface area contributed by atoms with Crippen LogP contribution in [0.1, 0.15) is 42.2 Å². The van der Waals surface area contributed by atoms with Crippen molar-refractivity contribution in [3.05, 3.63) is 53.2 Å². The van der Waals surface area contributed by atoms with Crippen LogP contribution in [-0.4, -0.2) is 34.9 Å². The highest BCUT2D eigenvalue weighted by atomic mass is 35.5. The smallest absolute Gasteiger partial charge is 0.240 e. The average Bonchev–Trinajstić information content (AvgIpc) is 3.04. The van der Waals surface area contributed by atoms with Gasteiger partial charge in [0.1, 0.15) is 11.5 Å². The summed E-state index contributed by atoms with van der Waals surface area (Å²) in [6.45, 7) is 2.25. The number of benzene rings is 1. The molecule has 1 fully saturated rings. The summed E-state index contributed by atoms with van der Waals surface area (Å²) in [5, 5.41) is 3.34. The molecule has 4 rings (SSSR count). The molecule has 6 heteroatoms. The van der Waals surface area contributed by atoms with Crippen LogP contribution in [0.15, 0.2) is 34.7 Å². The van der Waals surface area contributed by atoms with E-state index in [0.717, 1.165) is 49.7 Å². The van der Waals surface area contributed by atoms with E-state index in [9.17, 15) is 4.79 Å². The lowest BCUT2D eigenvalue weighted by Crippen LogP contribution is -2.49. The van der Waals surface area contributed by atoms with Gasteiger partial charge in [0.2, 0.25) is 5.91 Å². The van der Waals surface area contributed by atoms with Crippen molar-refractivity contribution in [3.8, 4) is 0 Å². The van der Waals surface area contributed by atoms with Gasteiger partial charge in [0.05, 0.1) is 12.6 Å². The van der Waals surface area contributed by atoms with Gasteiger partial charge in [0, 0.05) is 19.4 Å². The molecule has 2 aliphatic rings. The number of nitrogens with zero attached hydrogens (tertiary/aromatic N) is 2. The Labute approximate surface area is 154 Å². The predicted octanol–water partition coefficient (Wildman–Crippen LogP) is 2.71. The summed E-state index contributed by atoms with van der Waals surface area (Å²) in [7, 11) is 0. The molecule has 134 valence electrons. The first-order chi connectivity index (χ1) is 11.8. The molecule has 25 heavy (non-hydrogen) atoms. The SMILES string of the molecule is Cl.O=C([C@H]1CCCCN1)N1CCc2oc(Cc3ccccc3)nc2C1. The molecule has 0 saturated carbocycles. The molecule has 0 aliphatic carbocycles. The maximum absolute atomic E-state index is 12.7. The van der Waals surface area contributed by atoms with Gasteiger partial charge in [-0.15, -0.1) is 12.4 Å². The van der Waals surface area contributed by atoms with E-state index < -0.39 is 0 Å². The molecule has 0 unspecified atom stereocenters. The fourth-order valence-corrected chi connectivity index (χ4v) is 3.57. The number of carbonyl (C=O) groups is 1. The molecular formula is C19H24ClN3O2. The van der Waals surface area contributed by atoms with Crippen molar-refractivity contribution in [1.82, 2.24) is 15.2 Å². The zero-order valence-electron chi connectivity index (χ0n) is 14.2. The van der Waals surface area contributed by atoms with Gasteiger partial charge in [-0.1, -0.05) is 36.8 Å². The van der Waals surface area contributed by atoms with Crippen molar-refractivity contribution in [2.75, 3.05) is 13.1 Å². The Morgan fingerprint density at radius 1 is 1.28 bits per heavy atom. The van der Waals surface area contributed by atoms with Gasteiger partial charge in [-0.2, -0.15) is 0 Å². The van der Waals surface area contributed by atoms with Crippen molar-refractivity contribution < 1.29 is 9.21 Å². The van der Waals surface area contributed by atoms with E-state index in [1.807, 2.05) is 23.1 Å². The van der Waals surface area contributed by atoms with E-state index in [2.05, 4.69) is 22.4 Å². The van der Waals surface area contributed by atoms with Crippen LogP contribution in [0.2, 0.25) is 0 Å². The summed E-state index contributed by atoms with van der Waals surface area (Å²) in [5.41, 5.74) is 2.12. The van der Waals surface area contributed by atoms with Crippen LogP contribution >= 0.6 is 12.4 Å². The number of rotatable bonds is 3. The molecule has 0 bridgehead atoms. The number of fused-ring (bicyclic) bond motifs is 1. The molecular weight excluding hydrogens is 338 g/mol. The Hall–Kier alpha value is -1.85. The van der Waals surface area contributed by atoms with Gasteiger partial charge in [-0.3, -0.25) is 4.79 Å². The van der Waals surface area contributed by atoms with Gasteiger partial charge in [-0.05, 0) is 24.9 Å². The van der Waals surface area contributed by atoms with Gasteiger partial charge >= 0.3 is 0 Å². The quantitative estimate of drug-likeness (QED) is 0.913. The minimum atomic E-state index is -0.0176. The van der Waals surface area contributed by atoms with E-state index in [-0.39, 0.29) is 24.4 Å². The van der Waals surface area contributed by atoms with Crippen molar-refractivity contribution in [1.29, 1.82) is 0 Å². The average molecular weight is 362 g/mol. The van der Waals surface area contributed by atoms with Gasteiger partial charge in [0.15, 0.2) is 5.89 Å². The first kappa shape index (κ1) is 18.0. The third-order valence-electron chi connectivity index (χ3n) is 4.89. The number of aromatic nitrogens is 1. The molecule has 1 aromatic carbocycles. The van der Waals surface area contributed by atoms with E-state index in [1.54, 1.807) is 0 Å². The van der Waals surface area contributed by atoms with Crippen LogP contribution < -0.4 is 5.32 Å². The fourth-order valence-electron chi connectivity index (χ4n) is 3.57. The normalized spacial score (nSPS) is 19.8. The Morgan fingerprint density at radius 3 is 2.88 bits per heavy atom. The topological polar surface area (TPSA) is 58.4 Å². The zero-order valence-corrected chi connectivity index (χ0v) is 15.1. The molecule has 2 aromatic rings. The molecule has 1 aromatic heterocycles. The first-order valence-corrected chi connectivity index (χ1v) is 8.83. The second-order valence-electron chi connectivity index (χ2n) is 6.65. The number of hydrogen-bond donors (Lipinski definition) is 1. The lowest BCUT2D eigenvalue weighted by atomic mass is 10.0. The number of piperidine rings is 1. The first-order valence-electron chi connectivity index (χ1n) is 8.83. The van der Waals surface area contributed by atoms with Gasteiger partial charge in [-0.25, -0.2) is 4.98 Å². The molecule has 0 spiro atoms. The summed E-state index contributed by atoms with van der Waals surface area (Å²) in [5.74, 6) is 1.91. The monoisotopic (exact) mass is 361 g/mol. The minimum Gasteiger partial charge on any atom is -0.445 e. The zero-order chi connectivity index (χ0) is 16.4. The maximum Gasteiger partial charge on any atom is 0.240 e. The highest BCUT2D eigenvalue weighted by Crippen LogP contribution is 2.22. The van der Waals surface area contributed by atoms with E-state index in [1.165, 1.54) is 12.0 Å². The summed E-state index contributed by atoms with van der Waals surface area (Å²) < 4.78 is 5.92. The standard InChI is InChI=1S/C19H23N3O2.ClH/c23-19(15-8-4-5-10-20-15)22-11-9-17-16(13-22)21-18(24-17)12-14-6-2-1-3-7-14;/h1-3,6-7,15,20H,4-5,8-13H2;1H/t15-;/m1./s1. The number of hydrogen-bond acceptors (Lipinski definition) is 4. The van der Waals surface area contributed by atoms with E-state index >= 15 is 0 Å². The molecule has 1 atom stereocenters. The second kappa shape index (κ2) is 8.02. The molecule has 1 N–H and O–H groups in total. The lowest BCUT2D eigenvalue weighted by Gasteiger charge is -2.31. The van der Waals surface area contributed by atoms with Crippen LogP contribution in [0.4, 0.5) is 0 Å². The molecule has 2 aliphatic heterocycles. The van der Waals surface area contributed by atoms with Crippen molar-refractivity contribution in [2.24, 2.45) is 0 Å². The number of carbonyl (C=O) groups excluding carboxylic acids is 1. The van der Waals surface area contributed by atoms with Crippen LogP contribution in [0.3, 0.4) is 0 Å². The predicted molar refractivity (Wildman–Crippen MR) is 97.8 cm³/mol. The Bertz CT molecular complexity index is 711. The second-order valence-corrected chi connectivity index (χ2v) is 6.65. The van der Waals surface area contributed by atoms with Crippen LogP contribution in [0, 0.1) is 0 Å². The third-order valence-corrected chi connectivity index (χ3v) is 4.89. The largest absolute Gasteiger partial charge is 0.445 e. The lowest BCUT2D eigenvalue weighted by molar-refractivity contribution is -0.135. The number of oxazole rings is 1. The molecule has 1 saturated heterocycles. The Balaban J connectivity index is 0.00000182. The van der Waals surface area contributed by atoms with E-state index in [4.69, 9.17) is 4.42 Å². The maximum atomic E-state index is 12.7. The number of nitrogens with one attached hydrogen (secondary N) is 1. The van der Waals surface area contributed by atoms with Gasteiger partial charge in [0.25, 0.3) is 0 Å². The Morgan fingerprint density at radius 2 is 2.12 bits per heavy atom. The van der Waals surface area contributed by atoms with Crippen molar-refractivity contribution >= 4 is 18.3 Å². The van der Waals surface area contributed by atoms with Crippen LogP contribution in [0.5, 0.6) is 0 Å². The van der Waals surface area contributed by atoms with Gasteiger partial charge < -0.3 is 14.6 Å². The van der Waals surface area contributed by atoms with E-state index in [0.29, 0.717) is 13.0 Å². The number of amides is 1. The Kier molecular flexibility index (Phi) is 5.76. The highest BCUT2D eigenvalue weighted by molar-refractivity contribution is 5.85. The number of halogens is 1. The third kappa shape index (κ3) is 4.05. The van der Waals surface area contributed by atoms with Crippen molar-refractivity contribution in [2.45, 2.75) is 44.7 Å². The van der Waals surface area contributed by atoms with Crippen LogP contribution in [-0.2, 0) is 24.2 Å². The summed E-state index contributed by atoms with van der Waals surface area (Å²) >= 11 is 0. The molecule has 0 radical (unpaired) electrons. The summed E-state index contributed by atoms with van der Waals surface area (Å²) in [4.78, 5) is 19.2. The fraction of sp³-hybridized carbons (Fsp3) is 0.474. The molecule has 3 heterocycles. The minimum absolute atomic E-state index is 0.